The normalized spacial score (nSPS) is 10.4. The molecule has 0 saturated carbocycles. The van der Waals surface area contributed by atoms with Crippen molar-refractivity contribution in [1.29, 1.82) is 0 Å². The lowest BCUT2D eigenvalue weighted by atomic mass is 10.3. The van der Waals surface area contributed by atoms with E-state index in [-0.39, 0.29) is 5.69 Å². The zero-order valence-electron chi connectivity index (χ0n) is 6.87. The summed E-state index contributed by atoms with van der Waals surface area (Å²) in [6, 6.07) is 4.39. The quantitative estimate of drug-likeness (QED) is 0.841. The fourth-order valence-corrected chi connectivity index (χ4v) is 1.41. The van der Waals surface area contributed by atoms with Gasteiger partial charge in [0.1, 0.15) is 17.8 Å². The zero-order valence-corrected chi connectivity index (χ0v) is 8.45. The predicted octanol–water partition coefficient (Wildman–Crippen LogP) is 1.46. The first-order chi connectivity index (χ1) is 6.68. The molecule has 0 spiro atoms. The minimum Gasteiger partial charge on any atom is -0.295 e. The molecule has 0 radical (unpaired) electrons. The molecule has 0 aliphatic heterocycles. The Morgan fingerprint density at radius 3 is 2.86 bits per heavy atom. The van der Waals surface area contributed by atoms with Crippen LogP contribution in [-0.2, 0) is 0 Å². The number of nitrogens with one attached hydrogen (secondary N) is 1. The third-order valence-electron chi connectivity index (χ3n) is 1.69. The summed E-state index contributed by atoms with van der Waals surface area (Å²) in [4.78, 5) is 13.5. The summed E-state index contributed by atoms with van der Waals surface area (Å²) in [5.74, 6) is -0.506. The molecule has 0 aliphatic carbocycles. The van der Waals surface area contributed by atoms with Crippen molar-refractivity contribution in [2.45, 2.75) is 0 Å². The topological polar surface area (TPSA) is 50.7 Å². The van der Waals surface area contributed by atoms with Crippen LogP contribution in [0.2, 0.25) is 0 Å². The highest BCUT2D eigenvalue weighted by molar-refractivity contribution is 9.10. The van der Waals surface area contributed by atoms with Gasteiger partial charge in [-0.3, -0.25) is 4.98 Å². The minimum atomic E-state index is -0.506. The van der Waals surface area contributed by atoms with Crippen molar-refractivity contribution in [3.05, 3.63) is 45.3 Å². The van der Waals surface area contributed by atoms with E-state index in [0.29, 0.717) is 4.47 Å². The molecule has 1 N–H and O–H groups in total. The van der Waals surface area contributed by atoms with Crippen molar-refractivity contribution >= 4 is 15.9 Å². The molecule has 1 aromatic heterocycles. The molecule has 0 saturated heterocycles. The number of aromatic nitrogens is 3. The summed E-state index contributed by atoms with van der Waals surface area (Å²) >= 11 is 3.12. The van der Waals surface area contributed by atoms with Crippen LogP contribution in [0.1, 0.15) is 0 Å². The average molecular weight is 258 g/mol. The molecule has 2 aromatic rings. The van der Waals surface area contributed by atoms with E-state index >= 15 is 0 Å². The zero-order chi connectivity index (χ0) is 10.1. The van der Waals surface area contributed by atoms with Crippen molar-refractivity contribution in [1.82, 2.24) is 14.8 Å². The van der Waals surface area contributed by atoms with Gasteiger partial charge in [-0.25, -0.2) is 9.18 Å². The van der Waals surface area contributed by atoms with Crippen LogP contribution in [0.15, 0.2) is 33.8 Å². The summed E-state index contributed by atoms with van der Waals surface area (Å²) in [6.45, 7) is 0. The highest BCUT2D eigenvalue weighted by atomic mass is 79.9. The number of halogens is 2. The molecule has 0 bridgehead atoms. The van der Waals surface area contributed by atoms with E-state index in [1.165, 1.54) is 18.5 Å². The van der Waals surface area contributed by atoms with Gasteiger partial charge in [0.15, 0.2) is 0 Å². The second-order valence-electron chi connectivity index (χ2n) is 2.60. The molecule has 1 aromatic carbocycles. The number of hydrogen-bond donors (Lipinski definition) is 1. The molecule has 1 heterocycles. The van der Waals surface area contributed by atoms with Gasteiger partial charge in [0.2, 0.25) is 0 Å². The third-order valence-corrected chi connectivity index (χ3v) is 2.18. The first kappa shape index (κ1) is 9.14. The van der Waals surface area contributed by atoms with Crippen molar-refractivity contribution in [3.8, 4) is 5.69 Å². The van der Waals surface area contributed by atoms with E-state index in [9.17, 15) is 9.18 Å². The Bertz CT molecular complexity index is 519. The van der Waals surface area contributed by atoms with Gasteiger partial charge in [-0.05, 0) is 18.2 Å². The lowest BCUT2D eigenvalue weighted by molar-refractivity contribution is 0.607. The van der Waals surface area contributed by atoms with Crippen LogP contribution < -0.4 is 5.69 Å². The maximum Gasteiger partial charge on any atom is 0.347 e. The first-order valence-corrected chi connectivity index (χ1v) is 4.56. The Hall–Kier alpha value is -1.43. The van der Waals surface area contributed by atoms with Crippen LogP contribution in [0.3, 0.4) is 0 Å². The molecule has 4 nitrogen and oxygen atoms in total. The van der Waals surface area contributed by atoms with E-state index in [2.05, 4.69) is 26.0 Å². The van der Waals surface area contributed by atoms with Crippen LogP contribution in [0, 0.1) is 5.82 Å². The Balaban J connectivity index is 2.63. The van der Waals surface area contributed by atoms with Gasteiger partial charge in [0.05, 0.1) is 0 Å². The fraction of sp³-hybridized carbons (Fsp3) is 0. The number of hydrogen-bond acceptors (Lipinski definition) is 2. The van der Waals surface area contributed by atoms with Crippen LogP contribution in [0.25, 0.3) is 5.69 Å². The fourth-order valence-electron chi connectivity index (χ4n) is 1.08. The molecule has 0 fully saturated rings. The highest BCUT2D eigenvalue weighted by Crippen LogP contribution is 2.16. The monoisotopic (exact) mass is 257 g/mol. The number of aromatic amines is 1. The summed E-state index contributed by atoms with van der Waals surface area (Å²) in [5.41, 5.74) is -0.342. The van der Waals surface area contributed by atoms with Gasteiger partial charge in [-0.1, -0.05) is 15.9 Å². The summed E-state index contributed by atoms with van der Waals surface area (Å²) < 4.78 is 14.9. The van der Waals surface area contributed by atoms with E-state index in [0.717, 1.165) is 4.68 Å². The highest BCUT2D eigenvalue weighted by Gasteiger charge is 2.07. The van der Waals surface area contributed by atoms with E-state index < -0.39 is 11.5 Å². The Morgan fingerprint density at radius 1 is 1.50 bits per heavy atom. The molecule has 72 valence electrons. The van der Waals surface area contributed by atoms with Gasteiger partial charge in [0, 0.05) is 4.47 Å². The third kappa shape index (κ3) is 1.48. The van der Waals surface area contributed by atoms with Gasteiger partial charge in [-0.15, -0.1) is 0 Å². The Morgan fingerprint density at radius 2 is 2.29 bits per heavy atom. The Labute approximate surface area is 86.5 Å². The van der Waals surface area contributed by atoms with Gasteiger partial charge in [0.25, 0.3) is 0 Å². The largest absolute Gasteiger partial charge is 0.347 e. The van der Waals surface area contributed by atoms with Crippen molar-refractivity contribution < 1.29 is 4.39 Å². The maximum atomic E-state index is 13.4. The number of nitrogens with zero attached hydrogens (tertiary/aromatic N) is 2. The van der Waals surface area contributed by atoms with Crippen LogP contribution in [0.5, 0.6) is 0 Å². The second kappa shape index (κ2) is 3.38. The first-order valence-electron chi connectivity index (χ1n) is 3.76. The van der Waals surface area contributed by atoms with Gasteiger partial charge < -0.3 is 0 Å². The van der Waals surface area contributed by atoms with Crippen LogP contribution in [-0.4, -0.2) is 14.8 Å². The molecular weight excluding hydrogens is 253 g/mol. The molecule has 6 heteroatoms. The summed E-state index contributed by atoms with van der Waals surface area (Å²) in [7, 11) is 0. The predicted molar refractivity (Wildman–Crippen MR) is 51.8 cm³/mol. The molecular formula is C8H5BrFN3O. The standard InChI is InChI=1S/C8H5BrFN3O/c9-5-1-2-7(6(10)3-5)13-8(14)11-4-12-13/h1-4H,(H,11,12,14). The molecule has 0 aliphatic rings. The van der Waals surface area contributed by atoms with E-state index in [1.54, 1.807) is 6.07 Å². The van der Waals surface area contributed by atoms with Crippen molar-refractivity contribution in [2.24, 2.45) is 0 Å². The second-order valence-corrected chi connectivity index (χ2v) is 3.52. The van der Waals surface area contributed by atoms with E-state index in [1.807, 2.05) is 0 Å². The number of rotatable bonds is 1. The van der Waals surface area contributed by atoms with E-state index in [4.69, 9.17) is 0 Å². The lowest BCUT2D eigenvalue weighted by Gasteiger charge is -2.00. The summed E-state index contributed by atoms with van der Waals surface area (Å²) in [5, 5.41) is 3.67. The molecule has 0 atom stereocenters. The average Bonchev–Trinajstić information content (AvgIpc) is 2.52. The number of H-pyrrole nitrogens is 1. The maximum absolute atomic E-state index is 13.4. The molecule has 0 amide bonds. The van der Waals surface area contributed by atoms with Gasteiger partial charge in [-0.2, -0.15) is 9.78 Å². The molecule has 2 rings (SSSR count). The van der Waals surface area contributed by atoms with Crippen LogP contribution in [0.4, 0.5) is 4.39 Å². The summed E-state index contributed by atoms with van der Waals surface area (Å²) in [6.07, 6.45) is 1.21. The van der Waals surface area contributed by atoms with Gasteiger partial charge >= 0.3 is 5.69 Å². The Kier molecular flexibility index (Phi) is 2.20. The number of benzene rings is 1. The van der Waals surface area contributed by atoms with Crippen LogP contribution >= 0.6 is 15.9 Å². The minimum absolute atomic E-state index is 0.124. The van der Waals surface area contributed by atoms with Crippen molar-refractivity contribution in [3.63, 3.8) is 0 Å². The molecule has 0 unspecified atom stereocenters. The van der Waals surface area contributed by atoms with Crippen molar-refractivity contribution in [2.75, 3.05) is 0 Å². The smallest absolute Gasteiger partial charge is 0.295 e. The lowest BCUT2D eigenvalue weighted by Crippen LogP contribution is -2.17. The molecule has 14 heavy (non-hydrogen) atoms. The SMILES string of the molecule is O=c1[nH]cnn1-c1ccc(Br)cc1F.